The second kappa shape index (κ2) is 6.66. The molecule has 0 spiro atoms. The van der Waals surface area contributed by atoms with Crippen molar-refractivity contribution in [2.24, 2.45) is 5.92 Å². The molecule has 1 unspecified atom stereocenters. The topological polar surface area (TPSA) is 42.0 Å². The summed E-state index contributed by atoms with van der Waals surface area (Å²) in [6, 6.07) is 7.87. The minimum absolute atomic E-state index is 0.0383. The van der Waals surface area contributed by atoms with Crippen LogP contribution < -0.4 is 5.32 Å². The molecular weight excluding hydrogens is 268 g/mol. The van der Waals surface area contributed by atoms with Gasteiger partial charge in [0.1, 0.15) is 0 Å². The summed E-state index contributed by atoms with van der Waals surface area (Å²) in [5.41, 5.74) is 2.07. The zero-order valence-electron chi connectivity index (χ0n) is 12.1. The van der Waals surface area contributed by atoms with Crippen LogP contribution in [0.25, 0.3) is 0 Å². The lowest BCUT2D eigenvalue weighted by molar-refractivity contribution is -0.121. The van der Waals surface area contributed by atoms with E-state index in [0.717, 1.165) is 16.1 Å². The number of amides is 1. The van der Waals surface area contributed by atoms with Crippen LogP contribution in [0.2, 0.25) is 0 Å². The number of carbonyl (C=O) groups excluding carboxylic acids is 1. The van der Waals surface area contributed by atoms with E-state index in [1.165, 1.54) is 0 Å². The van der Waals surface area contributed by atoms with Crippen LogP contribution in [-0.2, 0) is 11.2 Å². The smallest absolute Gasteiger partial charge is 0.225 e. The summed E-state index contributed by atoms with van der Waals surface area (Å²) < 4.78 is 0. The fourth-order valence-electron chi connectivity index (χ4n) is 2.17. The number of rotatable bonds is 5. The normalized spacial score (nSPS) is 12.4. The van der Waals surface area contributed by atoms with Gasteiger partial charge in [-0.05, 0) is 35.9 Å². The van der Waals surface area contributed by atoms with Gasteiger partial charge in [-0.2, -0.15) is 0 Å². The van der Waals surface area contributed by atoms with E-state index in [9.17, 15) is 4.79 Å². The van der Waals surface area contributed by atoms with Gasteiger partial charge in [-0.15, -0.1) is 11.3 Å². The number of carbonyl (C=O) groups is 1. The third-order valence-electron chi connectivity index (χ3n) is 3.24. The van der Waals surface area contributed by atoms with Crippen LogP contribution in [0.1, 0.15) is 36.0 Å². The van der Waals surface area contributed by atoms with Crippen LogP contribution in [0.4, 0.5) is 0 Å². The van der Waals surface area contributed by atoms with Gasteiger partial charge in [0.25, 0.3) is 0 Å². The van der Waals surface area contributed by atoms with E-state index >= 15 is 0 Å². The standard InChI is InChI=1S/C16H20N2OS/c1-11(2)15(16-12(3)6-4-8-17-16)18-14(19)10-13-7-5-9-20-13/h4-9,11,15H,10H2,1-3H3,(H,18,19). The van der Waals surface area contributed by atoms with Gasteiger partial charge >= 0.3 is 0 Å². The van der Waals surface area contributed by atoms with E-state index < -0.39 is 0 Å². The summed E-state index contributed by atoms with van der Waals surface area (Å²) >= 11 is 1.61. The fourth-order valence-corrected chi connectivity index (χ4v) is 2.87. The average molecular weight is 288 g/mol. The van der Waals surface area contributed by atoms with Crippen molar-refractivity contribution in [3.05, 3.63) is 52.0 Å². The molecule has 0 bridgehead atoms. The van der Waals surface area contributed by atoms with E-state index in [4.69, 9.17) is 0 Å². The second-order valence-electron chi connectivity index (χ2n) is 5.25. The highest BCUT2D eigenvalue weighted by molar-refractivity contribution is 7.10. The molecule has 2 aromatic heterocycles. The molecule has 0 aliphatic carbocycles. The summed E-state index contributed by atoms with van der Waals surface area (Å²) in [4.78, 5) is 17.7. The molecule has 3 nitrogen and oxygen atoms in total. The fraction of sp³-hybridized carbons (Fsp3) is 0.375. The highest BCUT2D eigenvalue weighted by Gasteiger charge is 2.21. The molecule has 1 atom stereocenters. The van der Waals surface area contributed by atoms with Gasteiger partial charge in [-0.3, -0.25) is 9.78 Å². The Bertz CT molecular complexity index is 564. The van der Waals surface area contributed by atoms with E-state index in [0.29, 0.717) is 12.3 Å². The first-order valence-corrected chi connectivity index (χ1v) is 7.69. The molecule has 1 N–H and O–H groups in total. The van der Waals surface area contributed by atoms with Gasteiger partial charge in [0.05, 0.1) is 18.2 Å². The maximum atomic E-state index is 12.2. The number of aromatic nitrogens is 1. The molecule has 0 aliphatic heterocycles. The van der Waals surface area contributed by atoms with Crippen LogP contribution in [0.15, 0.2) is 35.8 Å². The van der Waals surface area contributed by atoms with Crippen LogP contribution in [0.3, 0.4) is 0 Å². The minimum Gasteiger partial charge on any atom is -0.347 e. The summed E-state index contributed by atoms with van der Waals surface area (Å²) in [7, 11) is 0. The summed E-state index contributed by atoms with van der Waals surface area (Å²) in [6.07, 6.45) is 2.22. The molecule has 0 aliphatic rings. The Labute approximate surface area is 124 Å². The molecule has 2 rings (SSSR count). The molecular formula is C16H20N2OS. The van der Waals surface area contributed by atoms with E-state index in [-0.39, 0.29) is 11.9 Å². The maximum Gasteiger partial charge on any atom is 0.225 e. The Morgan fingerprint density at radius 1 is 1.35 bits per heavy atom. The SMILES string of the molecule is Cc1cccnc1C(NC(=O)Cc1cccs1)C(C)C. The number of aryl methyl sites for hydroxylation is 1. The Balaban J connectivity index is 2.10. The zero-order chi connectivity index (χ0) is 14.5. The van der Waals surface area contributed by atoms with Crippen LogP contribution in [0, 0.1) is 12.8 Å². The molecule has 0 fully saturated rings. The quantitative estimate of drug-likeness (QED) is 0.915. The van der Waals surface area contributed by atoms with E-state index in [1.54, 1.807) is 17.5 Å². The highest BCUT2D eigenvalue weighted by Crippen LogP contribution is 2.22. The lowest BCUT2D eigenvalue weighted by Gasteiger charge is -2.23. The van der Waals surface area contributed by atoms with Crippen LogP contribution >= 0.6 is 11.3 Å². The van der Waals surface area contributed by atoms with Gasteiger partial charge in [-0.25, -0.2) is 0 Å². The molecule has 1 amide bonds. The van der Waals surface area contributed by atoms with Crippen LogP contribution in [0.5, 0.6) is 0 Å². The lowest BCUT2D eigenvalue weighted by atomic mass is 9.97. The Morgan fingerprint density at radius 3 is 2.75 bits per heavy atom. The highest BCUT2D eigenvalue weighted by atomic mass is 32.1. The molecule has 0 saturated heterocycles. The van der Waals surface area contributed by atoms with Crippen molar-refractivity contribution in [3.63, 3.8) is 0 Å². The molecule has 0 saturated carbocycles. The van der Waals surface area contributed by atoms with Crippen molar-refractivity contribution in [1.82, 2.24) is 10.3 Å². The summed E-state index contributed by atoms with van der Waals surface area (Å²) in [5.74, 6) is 0.354. The molecule has 2 aromatic rings. The number of thiophene rings is 1. The number of nitrogens with zero attached hydrogens (tertiary/aromatic N) is 1. The Hall–Kier alpha value is -1.68. The first-order valence-electron chi connectivity index (χ1n) is 6.81. The number of nitrogens with one attached hydrogen (secondary N) is 1. The van der Waals surface area contributed by atoms with Crippen molar-refractivity contribution >= 4 is 17.2 Å². The maximum absolute atomic E-state index is 12.2. The monoisotopic (exact) mass is 288 g/mol. The predicted octanol–water partition coefficient (Wildman–Crippen LogP) is 3.51. The van der Waals surface area contributed by atoms with Gasteiger partial charge in [0, 0.05) is 11.1 Å². The van der Waals surface area contributed by atoms with Gasteiger partial charge in [-0.1, -0.05) is 26.0 Å². The number of pyridine rings is 1. The predicted molar refractivity (Wildman–Crippen MR) is 82.7 cm³/mol. The number of hydrogen-bond acceptors (Lipinski definition) is 3. The number of hydrogen-bond donors (Lipinski definition) is 1. The molecule has 0 radical (unpaired) electrons. The molecule has 4 heteroatoms. The minimum atomic E-state index is -0.0383. The average Bonchev–Trinajstić information content (AvgIpc) is 2.89. The van der Waals surface area contributed by atoms with Gasteiger partial charge in [0.15, 0.2) is 0 Å². The zero-order valence-corrected chi connectivity index (χ0v) is 12.9. The van der Waals surface area contributed by atoms with Crippen molar-refractivity contribution in [1.29, 1.82) is 0 Å². The van der Waals surface area contributed by atoms with Crippen molar-refractivity contribution < 1.29 is 4.79 Å². The Kier molecular flexibility index (Phi) is 4.90. The largest absolute Gasteiger partial charge is 0.347 e. The first kappa shape index (κ1) is 14.7. The van der Waals surface area contributed by atoms with Gasteiger partial charge in [0.2, 0.25) is 5.91 Å². The molecule has 2 heterocycles. The third-order valence-corrected chi connectivity index (χ3v) is 4.12. The first-order chi connectivity index (χ1) is 9.58. The Morgan fingerprint density at radius 2 is 2.15 bits per heavy atom. The molecule has 0 aromatic carbocycles. The lowest BCUT2D eigenvalue weighted by Crippen LogP contribution is -2.33. The second-order valence-corrected chi connectivity index (χ2v) is 6.28. The molecule has 106 valence electrons. The van der Waals surface area contributed by atoms with Crippen molar-refractivity contribution in [2.75, 3.05) is 0 Å². The van der Waals surface area contributed by atoms with Crippen molar-refractivity contribution in [2.45, 2.75) is 33.2 Å². The summed E-state index contributed by atoms with van der Waals surface area (Å²) in [6.45, 7) is 6.23. The van der Waals surface area contributed by atoms with Gasteiger partial charge < -0.3 is 5.32 Å². The molecule has 20 heavy (non-hydrogen) atoms. The van der Waals surface area contributed by atoms with E-state index in [2.05, 4.69) is 24.1 Å². The summed E-state index contributed by atoms with van der Waals surface area (Å²) in [5, 5.41) is 5.11. The van der Waals surface area contributed by atoms with Crippen LogP contribution in [-0.4, -0.2) is 10.9 Å². The van der Waals surface area contributed by atoms with E-state index in [1.807, 2.05) is 36.6 Å². The third kappa shape index (κ3) is 3.67. The van der Waals surface area contributed by atoms with Crippen molar-refractivity contribution in [3.8, 4) is 0 Å².